The summed E-state index contributed by atoms with van der Waals surface area (Å²) < 4.78 is 0. The van der Waals surface area contributed by atoms with Crippen molar-refractivity contribution in [1.82, 2.24) is 9.80 Å². The highest BCUT2D eigenvalue weighted by atomic mass is 16.4. The fourth-order valence-corrected chi connectivity index (χ4v) is 3.60. The molecule has 0 aromatic rings. The summed E-state index contributed by atoms with van der Waals surface area (Å²) in [5.41, 5.74) is -0.793. The van der Waals surface area contributed by atoms with Gasteiger partial charge < -0.3 is 14.9 Å². The highest BCUT2D eigenvalue weighted by molar-refractivity contribution is 5.78. The summed E-state index contributed by atoms with van der Waals surface area (Å²) >= 11 is 0. The lowest BCUT2D eigenvalue weighted by atomic mass is 9.82. The Morgan fingerprint density at radius 1 is 1.14 bits per heavy atom. The monoisotopic (exact) mass is 296 g/mol. The van der Waals surface area contributed by atoms with Gasteiger partial charge in [-0.15, -0.1) is 0 Å². The first-order valence-electron chi connectivity index (χ1n) is 8.19. The molecule has 5 nitrogen and oxygen atoms in total. The average Bonchev–Trinajstić information content (AvgIpc) is 2.74. The van der Waals surface area contributed by atoms with Crippen molar-refractivity contribution in [2.45, 2.75) is 64.3 Å². The SMILES string of the molecule is CN(C(=O)N1CCCC(C)(C(=O)O)C1)C1CCCCCC1. The van der Waals surface area contributed by atoms with Crippen LogP contribution in [0.15, 0.2) is 0 Å². The molecule has 0 bridgehead atoms. The number of urea groups is 1. The molecule has 1 aliphatic heterocycles. The van der Waals surface area contributed by atoms with Crippen molar-refractivity contribution in [3.8, 4) is 0 Å². The van der Waals surface area contributed by atoms with Gasteiger partial charge in [-0.3, -0.25) is 4.79 Å². The normalized spacial score (nSPS) is 28.0. The van der Waals surface area contributed by atoms with Crippen molar-refractivity contribution in [2.75, 3.05) is 20.1 Å². The smallest absolute Gasteiger partial charge is 0.320 e. The predicted molar refractivity (Wildman–Crippen MR) is 81.2 cm³/mol. The second-order valence-corrected chi connectivity index (χ2v) is 6.93. The fraction of sp³-hybridized carbons (Fsp3) is 0.875. The summed E-state index contributed by atoms with van der Waals surface area (Å²) in [4.78, 5) is 27.7. The largest absolute Gasteiger partial charge is 0.481 e. The zero-order chi connectivity index (χ0) is 15.5. The lowest BCUT2D eigenvalue weighted by Gasteiger charge is -2.40. The Morgan fingerprint density at radius 3 is 2.33 bits per heavy atom. The van der Waals surface area contributed by atoms with Crippen LogP contribution in [0.3, 0.4) is 0 Å². The first kappa shape index (κ1) is 16.1. The zero-order valence-corrected chi connectivity index (χ0v) is 13.3. The molecule has 2 aliphatic rings. The van der Waals surface area contributed by atoms with Crippen LogP contribution in [-0.2, 0) is 4.79 Å². The van der Waals surface area contributed by atoms with Crippen molar-refractivity contribution in [3.05, 3.63) is 0 Å². The number of piperidine rings is 1. The quantitative estimate of drug-likeness (QED) is 0.797. The second-order valence-electron chi connectivity index (χ2n) is 6.93. The van der Waals surface area contributed by atoms with E-state index in [0.717, 1.165) is 19.3 Å². The molecule has 2 rings (SSSR count). The molecule has 1 saturated carbocycles. The number of carboxylic acid groups (broad SMARTS) is 1. The Kier molecular flexibility index (Phi) is 5.12. The molecular formula is C16H28N2O3. The van der Waals surface area contributed by atoms with E-state index in [1.165, 1.54) is 25.7 Å². The van der Waals surface area contributed by atoms with Crippen LogP contribution in [-0.4, -0.2) is 53.1 Å². The summed E-state index contributed by atoms with van der Waals surface area (Å²) in [6.07, 6.45) is 8.48. The van der Waals surface area contributed by atoms with E-state index in [0.29, 0.717) is 25.6 Å². The van der Waals surface area contributed by atoms with Crippen molar-refractivity contribution in [3.63, 3.8) is 0 Å². The molecule has 0 spiro atoms. The molecule has 2 amide bonds. The zero-order valence-electron chi connectivity index (χ0n) is 13.3. The van der Waals surface area contributed by atoms with Gasteiger partial charge in [0.05, 0.1) is 5.41 Å². The first-order chi connectivity index (χ1) is 9.94. The molecule has 1 saturated heterocycles. The number of carbonyl (C=O) groups excluding carboxylic acids is 1. The summed E-state index contributed by atoms with van der Waals surface area (Å²) in [6.45, 7) is 2.76. The minimum absolute atomic E-state index is 0.00840. The van der Waals surface area contributed by atoms with Gasteiger partial charge in [0.2, 0.25) is 0 Å². The van der Waals surface area contributed by atoms with Crippen LogP contribution in [0.2, 0.25) is 0 Å². The molecular weight excluding hydrogens is 268 g/mol. The molecule has 1 unspecified atom stereocenters. The first-order valence-corrected chi connectivity index (χ1v) is 8.19. The van der Waals surface area contributed by atoms with E-state index >= 15 is 0 Å². The van der Waals surface area contributed by atoms with Gasteiger partial charge in [-0.25, -0.2) is 4.79 Å². The Bertz CT molecular complexity index is 391. The van der Waals surface area contributed by atoms with Crippen LogP contribution < -0.4 is 0 Å². The van der Waals surface area contributed by atoms with Gasteiger partial charge in [-0.1, -0.05) is 25.7 Å². The number of likely N-dealkylation sites (tertiary alicyclic amines) is 1. The van der Waals surface area contributed by atoms with Gasteiger partial charge in [0.25, 0.3) is 0 Å². The highest BCUT2D eigenvalue weighted by Gasteiger charge is 2.40. The topological polar surface area (TPSA) is 60.9 Å². The van der Waals surface area contributed by atoms with Gasteiger partial charge in [0, 0.05) is 26.2 Å². The number of carboxylic acids is 1. The average molecular weight is 296 g/mol. The van der Waals surface area contributed by atoms with E-state index in [4.69, 9.17) is 0 Å². The number of carbonyl (C=O) groups is 2. The number of hydrogen-bond acceptors (Lipinski definition) is 2. The molecule has 1 N–H and O–H groups in total. The third-order valence-corrected chi connectivity index (χ3v) is 5.16. The van der Waals surface area contributed by atoms with E-state index in [2.05, 4.69) is 0 Å². The van der Waals surface area contributed by atoms with Crippen LogP contribution >= 0.6 is 0 Å². The molecule has 5 heteroatoms. The lowest BCUT2D eigenvalue weighted by molar-refractivity contribution is -0.150. The van der Waals surface area contributed by atoms with Crippen molar-refractivity contribution in [1.29, 1.82) is 0 Å². The Labute approximate surface area is 127 Å². The maximum absolute atomic E-state index is 12.7. The van der Waals surface area contributed by atoms with Crippen LogP contribution in [0.4, 0.5) is 4.79 Å². The number of hydrogen-bond donors (Lipinski definition) is 1. The maximum atomic E-state index is 12.7. The standard InChI is InChI=1S/C16H28N2O3/c1-16(14(19)20)10-7-11-18(12-16)15(21)17(2)13-8-5-3-4-6-9-13/h13H,3-12H2,1-2H3,(H,19,20). The number of rotatable bonds is 2. The summed E-state index contributed by atoms with van der Waals surface area (Å²) in [6, 6.07) is 0.326. The van der Waals surface area contributed by atoms with E-state index in [-0.39, 0.29) is 6.03 Å². The molecule has 1 aliphatic carbocycles. The molecule has 1 heterocycles. The Hall–Kier alpha value is -1.26. The van der Waals surface area contributed by atoms with Crippen LogP contribution in [0.5, 0.6) is 0 Å². The number of amides is 2. The van der Waals surface area contributed by atoms with Crippen molar-refractivity contribution < 1.29 is 14.7 Å². The minimum Gasteiger partial charge on any atom is -0.481 e. The van der Waals surface area contributed by atoms with E-state index in [9.17, 15) is 14.7 Å². The van der Waals surface area contributed by atoms with Crippen molar-refractivity contribution >= 4 is 12.0 Å². The predicted octanol–water partition coefficient (Wildman–Crippen LogP) is 2.95. The molecule has 2 fully saturated rings. The summed E-state index contributed by atoms with van der Waals surface area (Å²) in [5, 5.41) is 9.37. The maximum Gasteiger partial charge on any atom is 0.320 e. The summed E-state index contributed by atoms with van der Waals surface area (Å²) in [5.74, 6) is -0.794. The number of aliphatic carboxylic acids is 1. The molecule has 0 aromatic carbocycles. The van der Waals surface area contributed by atoms with Gasteiger partial charge in [0.1, 0.15) is 0 Å². The van der Waals surface area contributed by atoms with Gasteiger partial charge in [-0.05, 0) is 32.6 Å². The molecule has 21 heavy (non-hydrogen) atoms. The van der Waals surface area contributed by atoms with Crippen LogP contribution in [0.25, 0.3) is 0 Å². The van der Waals surface area contributed by atoms with Gasteiger partial charge in [0.15, 0.2) is 0 Å². The highest BCUT2D eigenvalue weighted by Crippen LogP contribution is 2.31. The van der Waals surface area contributed by atoms with Gasteiger partial charge >= 0.3 is 12.0 Å². The molecule has 120 valence electrons. The minimum atomic E-state index is -0.794. The Balaban J connectivity index is 1.99. The Morgan fingerprint density at radius 2 is 1.76 bits per heavy atom. The number of nitrogens with zero attached hydrogens (tertiary/aromatic N) is 2. The second kappa shape index (κ2) is 6.67. The molecule has 1 atom stereocenters. The molecule has 0 aromatic heterocycles. The van der Waals surface area contributed by atoms with E-state index < -0.39 is 11.4 Å². The fourth-order valence-electron chi connectivity index (χ4n) is 3.60. The lowest BCUT2D eigenvalue weighted by Crippen LogP contribution is -2.53. The van der Waals surface area contributed by atoms with Crippen LogP contribution in [0.1, 0.15) is 58.3 Å². The summed E-state index contributed by atoms with van der Waals surface area (Å²) in [7, 11) is 1.88. The third-order valence-electron chi connectivity index (χ3n) is 5.16. The van der Waals surface area contributed by atoms with Crippen LogP contribution in [0, 0.1) is 5.41 Å². The molecule has 0 radical (unpaired) electrons. The van der Waals surface area contributed by atoms with Gasteiger partial charge in [-0.2, -0.15) is 0 Å². The van der Waals surface area contributed by atoms with E-state index in [1.54, 1.807) is 11.8 Å². The van der Waals surface area contributed by atoms with E-state index in [1.807, 2.05) is 11.9 Å². The third kappa shape index (κ3) is 3.69. The van der Waals surface area contributed by atoms with Crippen molar-refractivity contribution in [2.24, 2.45) is 5.41 Å².